The van der Waals surface area contributed by atoms with E-state index in [2.05, 4.69) is 15.9 Å². The Morgan fingerprint density at radius 2 is 1.70 bits per heavy atom. The van der Waals surface area contributed by atoms with Crippen LogP contribution < -0.4 is 4.90 Å². The molecule has 1 heterocycles. The molecule has 1 aliphatic rings. The molecule has 116 valence electrons. The summed E-state index contributed by atoms with van der Waals surface area (Å²) in [7, 11) is 0. The summed E-state index contributed by atoms with van der Waals surface area (Å²) < 4.78 is 0.784. The molecule has 3 rings (SSSR count). The van der Waals surface area contributed by atoms with Crippen LogP contribution in [0.25, 0.3) is 5.57 Å². The fourth-order valence-electron chi connectivity index (χ4n) is 2.50. The lowest BCUT2D eigenvalue weighted by atomic mass is 10.0. The van der Waals surface area contributed by atoms with Crippen LogP contribution in [0, 0.1) is 13.8 Å². The van der Waals surface area contributed by atoms with Crippen LogP contribution in [0.2, 0.25) is 0 Å². The Morgan fingerprint density at radius 1 is 0.957 bits per heavy atom. The molecule has 5 heteroatoms. The number of hydrogen-bond donors (Lipinski definition) is 0. The van der Waals surface area contributed by atoms with Gasteiger partial charge in [-0.2, -0.15) is 0 Å². The first-order valence-corrected chi connectivity index (χ1v) is 8.19. The molecule has 0 bridgehead atoms. The second kappa shape index (κ2) is 5.95. The van der Waals surface area contributed by atoms with Crippen LogP contribution in [0.1, 0.15) is 16.7 Å². The Bertz CT molecular complexity index is 873. The monoisotopic (exact) mass is 389 g/mol. The fraction of sp³-hybridized carbons (Fsp3) is 0.111. The van der Waals surface area contributed by atoms with E-state index in [1.54, 1.807) is 18.2 Å². The number of anilines is 1. The Balaban J connectivity index is 2.07. The van der Waals surface area contributed by atoms with Gasteiger partial charge in [0.2, 0.25) is 0 Å². The van der Waals surface area contributed by atoms with E-state index in [-0.39, 0.29) is 10.6 Å². The molecule has 0 radical (unpaired) electrons. The van der Waals surface area contributed by atoms with Crippen molar-refractivity contribution < 1.29 is 9.59 Å². The first-order chi connectivity index (χ1) is 10.9. The lowest BCUT2D eigenvalue weighted by Crippen LogP contribution is -2.31. The molecule has 0 spiro atoms. The van der Waals surface area contributed by atoms with Gasteiger partial charge in [-0.25, -0.2) is 4.90 Å². The van der Waals surface area contributed by atoms with Gasteiger partial charge < -0.3 is 0 Å². The lowest BCUT2D eigenvalue weighted by molar-refractivity contribution is -0.119. The molecule has 0 fully saturated rings. The summed E-state index contributed by atoms with van der Waals surface area (Å²) in [4.78, 5) is 26.4. The number of rotatable bonds is 2. The zero-order valence-corrected chi connectivity index (χ0v) is 14.9. The number of carbonyl (C=O) groups is 2. The average molecular weight is 391 g/mol. The van der Waals surface area contributed by atoms with Crippen molar-refractivity contribution in [2.45, 2.75) is 13.8 Å². The largest absolute Gasteiger partial charge is 0.277 e. The minimum Gasteiger partial charge on any atom is -0.268 e. The summed E-state index contributed by atoms with van der Waals surface area (Å²) >= 11 is 9.54. The number of nitrogens with zero attached hydrogens (tertiary/aromatic N) is 1. The van der Waals surface area contributed by atoms with E-state index in [0.717, 1.165) is 20.5 Å². The molecule has 23 heavy (non-hydrogen) atoms. The average Bonchev–Trinajstić information content (AvgIpc) is 2.72. The molecule has 1 aliphatic heterocycles. The van der Waals surface area contributed by atoms with Crippen molar-refractivity contribution in [3.63, 3.8) is 0 Å². The maximum atomic E-state index is 12.8. The van der Waals surface area contributed by atoms with Gasteiger partial charge in [-0.3, -0.25) is 9.59 Å². The van der Waals surface area contributed by atoms with Crippen LogP contribution in [0.3, 0.4) is 0 Å². The summed E-state index contributed by atoms with van der Waals surface area (Å²) in [5, 5.41) is -0.0433. The van der Waals surface area contributed by atoms with E-state index in [1.165, 1.54) is 0 Å². The number of aryl methyl sites for hydroxylation is 2. The summed E-state index contributed by atoms with van der Waals surface area (Å²) in [6.45, 7) is 3.95. The minimum absolute atomic E-state index is 0.0433. The van der Waals surface area contributed by atoms with E-state index in [0.29, 0.717) is 11.3 Å². The first-order valence-electron chi connectivity index (χ1n) is 7.02. The maximum absolute atomic E-state index is 12.8. The zero-order valence-electron chi connectivity index (χ0n) is 12.6. The van der Waals surface area contributed by atoms with Crippen molar-refractivity contribution in [2.24, 2.45) is 0 Å². The van der Waals surface area contributed by atoms with Crippen molar-refractivity contribution in [1.29, 1.82) is 0 Å². The quantitative estimate of drug-likeness (QED) is 0.703. The number of imide groups is 1. The van der Waals surface area contributed by atoms with Crippen LogP contribution in [-0.2, 0) is 9.59 Å². The molecular formula is C18H13BrClNO2. The van der Waals surface area contributed by atoms with Gasteiger partial charge in [-0.05, 0) is 48.7 Å². The highest BCUT2D eigenvalue weighted by molar-refractivity contribution is 9.10. The van der Waals surface area contributed by atoms with Crippen molar-refractivity contribution in [2.75, 3.05) is 4.90 Å². The van der Waals surface area contributed by atoms with Gasteiger partial charge in [-0.1, -0.05) is 51.8 Å². The highest BCUT2D eigenvalue weighted by Gasteiger charge is 2.39. The minimum atomic E-state index is -0.497. The number of hydrogen-bond acceptors (Lipinski definition) is 2. The summed E-state index contributed by atoms with van der Waals surface area (Å²) in [5.41, 5.74) is 3.56. The Labute approximate surface area is 147 Å². The van der Waals surface area contributed by atoms with Crippen LogP contribution in [0.4, 0.5) is 5.69 Å². The van der Waals surface area contributed by atoms with Crippen molar-refractivity contribution in [1.82, 2.24) is 0 Å². The number of benzene rings is 2. The molecule has 0 atom stereocenters. The van der Waals surface area contributed by atoms with Crippen LogP contribution >= 0.6 is 27.5 Å². The fourth-order valence-corrected chi connectivity index (χ4v) is 3.16. The molecule has 0 saturated carbocycles. The Hall–Kier alpha value is -1.91. The van der Waals surface area contributed by atoms with E-state index in [1.807, 2.05) is 38.1 Å². The standard InChI is InChI=1S/C18H13BrClNO2/c1-10-6-7-12(8-11(10)2)15-16(20)18(23)21(17(15)22)14-5-3-4-13(19)9-14/h3-9H,1-2H3. The SMILES string of the molecule is Cc1ccc(C2=C(Cl)C(=O)N(c3cccc(Br)c3)C2=O)cc1C. The van der Waals surface area contributed by atoms with Crippen molar-refractivity contribution in [3.8, 4) is 0 Å². The highest BCUT2D eigenvalue weighted by Crippen LogP contribution is 2.36. The van der Waals surface area contributed by atoms with Gasteiger partial charge in [0.1, 0.15) is 5.03 Å². The van der Waals surface area contributed by atoms with E-state index in [4.69, 9.17) is 11.6 Å². The smallest absolute Gasteiger partial charge is 0.268 e. The van der Waals surface area contributed by atoms with E-state index in [9.17, 15) is 9.59 Å². The summed E-state index contributed by atoms with van der Waals surface area (Å²) in [6.07, 6.45) is 0. The molecule has 0 saturated heterocycles. The second-order valence-electron chi connectivity index (χ2n) is 5.41. The van der Waals surface area contributed by atoms with Gasteiger partial charge in [0.25, 0.3) is 11.8 Å². The van der Waals surface area contributed by atoms with Crippen molar-refractivity contribution in [3.05, 3.63) is 68.7 Å². The van der Waals surface area contributed by atoms with Gasteiger partial charge in [0, 0.05) is 4.47 Å². The first kappa shape index (κ1) is 16.0. The predicted octanol–water partition coefficient (Wildman–Crippen LogP) is 4.59. The second-order valence-corrected chi connectivity index (χ2v) is 6.71. The van der Waals surface area contributed by atoms with Crippen LogP contribution in [0.15, 0.2) is 52.0 Å². The van der Waals surface area contributed by atoms with Gasteiger partial charge in [0.15, 0.2) is 0 Å². The van der Waals surface area contributed by atoms with Crippen LogP contribution in [-0.4, -0.2) is 11.8 Å². The highest BCUT2D eigenvalue weighted by atomic mass is 79.9. The van der Waals surface area contributed by atoms with E-state index >= 15 is 0 Å². The molecule has 0 aliphatic carbocycles. The Kier molecular flexibility index (Phi) is 4.13. The zero-order chi connectivity index (χ0) is 16.7. The molecular weight excluding hydrogens is 378 g/mol. The van der Waals surface area contributed by atoms with Gasteiger partial charge in [0.05, 0.1) is 11.3 Å². The van der Waals surface area contributed by atoms with Crippen molar-refractivity contribution >= 4 is 50.6 Å². The van der Waals surface area contributed by atoms with E-state index < -0.39 is 11.8 Å². The third-order valence-corrected chi connectivity index (χ3v) is 4.73. The maximum Gasteiger partial charge on any atom is 0.277 e. The molecule has 0 N–H and O–H groups in total. The third-order valence-electron chi connectivity index (χ3n) is 3.89. The van der Waals surface area contributed by atoms with Gasteiger partial charge in [-0.15, -0.1) is 0 Å². The number of carbonyl (C=O) groups excluding carboxylic acids is 2. The normalized spacial score (nSPS) is 14.9. The predicted molar refractivity (Wildman–Crippen MR) is 95.3 cm³/mol. The molecule has 0 aromatic heterocycles. The Morgan fingerprint density at radius 3 is 2.35 bits per heavy atom. The van der Waals surface area contributed by atoms with Gasteiger partial charge >= 0.3 is 0 Å². The summed E-state index contributed by atoms with van der Waals surface area (Å²) in [5.74, 6) is -0.899. The molecule has 2 aromatic rings. The molecule has 2 amide bonds. The molecule has 3 nitrogen and oxygen atoms in total. The molecule has 2 aromatic carbocycles. The lowest BCUT2D eigenvalue weighted by Gasteiger charge is -2.15. The summed E-state index contributed by atoms with van der Waals surface area (Å²) in [6, 6.07) is 12.6. The third kappa shape index (κ3) is 2.73. The molecule has 0 unspecified atom stereocenters. The number of amides is 2. The number of halogens is 2. The topological polar surface area (TPSA) is 37.4 Å². The van der Waals surface area contributed by atoms with Crippen LogP contribution in [0.5, 0.6) is 0 Å².